The van der Waals surface area contributed by atoms with Gasteiger partial charge in [-0.15, -0.1) is 0 Å². The first-order chi connectivity index (χ1) is 8.89. The molecule has 4 atom stereocenters. The van der Waals surface area contributed by atoms with Gasteiger partial charge in [0.15, 0.2) is 5.78 Å². The van der Waals surface area contributed by atoms with Gasteiger partial charge in [0.2, 0.25) is 0 Å². The van der Waals surface area contributed by atoms with Gasteiger partial charge in [-0.05, 0) is 0 Å². The molecule has 0 aliphatic heterocycles. The van der Waals surface area contributed by atoms with Crippen molar-refractivity contribution in [1.82, 2.24) is 0 Å². The van der Waals surface area contributed by atoms with Crippen molar-refractivity contribution in [2.75, 3.05) is 13.2 Å². The van der Waals surface area contributed by atoms with Crippen molar-refractivity contribution in [3.05, 3.63) is 0 Å². The Balaban J connectivity index is 0. The normalized spacial score (nSPS) is 19.0. The summed E-state index contributed by atoms with van der Waals surface area (Å²) in [6, 6.07) is 0. The van der Waals surface area contributed by atoms with E-state index < -0.39 is 53.0 Å². The molecule has 0 bridgehead atoms. The molecule has 0 aliphatic carbocycles. The number of phosphoric acid groups is 2. The molecule has 124 valence electrons. The van der Waals surface area contributed by atoms with Crippen LogP contribution in [0.25, 0.3) is 0 Å². The number of ketones is 1. The summed E-state index contributed by atoms with van der Waals surface area (Å²) in [5.41, 5.74) is 0. The third kappa shape index (κ3) is 9.82. The van der Waals surface area contributed by atoms with Crippen LogP contribution in [-0.2, 0) is 39.8 Å². The van der Waals surface area contributed by atoms with Gasteiger partial charge in [0, 0.05) is 0 Å². The van der Waals surface area contributed by atoms with Gasteiger partial charge < -0.3 is 44.2 Å². The van der Waals surface area contributed by atoms with E-state index in [1.54, 1.807) is 0 Å². The zero-order valence-corrected chi connectivity index (χ0v) is 12.9. The molecule has 0 radical (unpaired) electrons. The Morgan fingerprint density at radius 3 is 2.00 bits per heavy atom. The van der Waals surface area contributed by atoms with Crippen molar-refractivity contribution in [3.63, 3.8) is 0 Å². The second-order valence-electron chi connectivity index (χ2n) is 3.40. The van der Waals surface area contributed by atoms with Crippen molar-refractivity contribution in [2.24, 2.45) is 0 Å². The van der Waals surface area contributed by atoms with Gasteiger partial charge in [-0.2, -0.15) is 0 Å². The molecule has 15 heteroatoms. The summed E-state index contributed by atoms with van der Waals surface area (Å²) in [7, 11) is -11.5. The molecule has 0 saturated heterocycles. The third-order valence-electron chi connectivity index (χ3n) is 1.81. The first-order valence-corrected chi connectivity index (χ1v) is 7.68. The fourth-order valence-electron chi connectivity index (χ4n) is 0.907. The molecule has 0 amide bonds. The van der Waals surface area contributed by atoms with Gasteiger partial charge in [0.25, 0.3) is 7.82 Å². The second-order valence-corrected chi connectivity index (χ2v) is 6.10. The van der Waals surface area contributed by atoms with Gasteiger partial charge in [0.05, 0.1) is 14.4 Å². The van der Waals surface area contributed by atoms with Crippen LogP contribution in [0, 0.1) is 0 Å². The molecule has 0 fully saturated rings. The summed E-state index contributed by atoms with van der Waals surface area (Å²) in [5, 5.41) is 35.8. The number of carbonyl (C=O) groups excluding carboxylic acids is 1. The van der Waals surface area contributed by atoms with E-state index in [0.29, 0.717) is 0 Å². The number of Topliss-reactive ketones (excluding diaryl/α,β-unsaturated/α-hetero) is 1. The Morgan fingerprint density at radius 2 is 1.62 bits per heavy atom. The minimum Gasteiger partial charge on any atom is -0.790 e. The average molecular weight is 392 g/mol. The SMILES string of the molecule is O=C(CO)[C@@H](O)[C@H](O)[C@H](O)COP(=O)([O-])OP(=O)([O-])[O-].[Mn+3]. The smallest absolute Gasteiger partial charge is 0.790 e. The van der Waals surface area contributed by atoms with E-state index in [1.807, 2.05) is 0 Å². The summed E-state index contributed by atoms with van der Waals surface area (Å²) >= 11 is 0. The zero-order valence-electron chi connectivity index (χ0n) is 9.97. The first kappa shape index (κ1) is 23.6. The number of hydrogen-bond donors (Lipinski definition) is 4. The number of rotatable bonds is 9. The minimum atomic E-state index is -5.89. The summed E-state index contributed by atoms with van der Waals surface area (Å²) in [5.74, 6) is -1.26. The van der Waals surface area contributed by atoms with E-state index in [2.05, 4.69) is 8.83 Å². The Bertz CT molecular complexity index is 422. The average Bonchev–Trinajstić information content (AvgIpc) is 2.30. The van der Waals surface area contributed by atoms with E-state index in [4.69, 9.17) is 10.2 Å². The third-order valence-corrected chi connectivity index (χ3v) is 3.87. The van der Waals surface area contributed by atoms with Crippen molar-refractivity contribution >= 4 is 21.4 Å². The quantitative estimate of drug-likeness (QED) is 0.214. The van der Waals surface area contributed by atoms with Crippen LogP contribution in [0.15, 0.2) is 0 Å². The molecule has 0 saturated carbocycles. The molecule has 21 heavy (non-hydrogen) atoms. The molecule has 0 rings (SSSR count). The Morgan fingerprint density at radius 1 is 1.14 bits per heavy atom. The number of carbonyl (C=O) groups is 1. The fraction of sp³-hybridized carbons (Fsp3) is 0.833. The number of hydrogen-bond acceptors (Lipinski definition) is 12. The molecule has 12 nitrogen and oxygen atoms in total. The number of phosphoric ester groups is 1. The van der Waals surface area contributed by atoms with Gasteiger partial charge in [-0.3, -0.25) is 13.7 Å². The molecule has 1 unspecified atom stereocenters. The van der Waals surface area contributed by atoms with Crippen LogP contribution in [-0.4, -0.2) is 57.7 Å². The summed E-state index contributed by atoms with van der Waals surface area (Å²) in [4.78, 5) is 41.6. The van der Waals surface area contributed by atoms with Crippen LogP contribution in [0.1, 0.15) is 0 Å². The Labute approximate surface area is 128 Å². The van der Waals surface area contributed by atoms with E-state index in [-0.39, 0.29) is 17.1 Å². The monoisotopic (exact) mass is 392 g/mol. The van der Waals surface area contributed by atoms with E-state index in [9.17, 15) is 38.8 Å². The van der Waals surface area contributed by atoms with Gasteiger partial charge in [-0.1, -0.05) is 0 Å². The van der Waals surface area contributed by atoms with Crippen molar-refractivity contribution in [1.29, 1.82) is 0 Å². The Hall–Kier alpha value is 0.289. The second kappa shape index (κ2) is 9.43. The standard InChI is InChI=1S/C6H14O12P2.Mn/c7-1-3(8)5(10)6(11)4(9)2-17-20(15,16)18-19(12,13)14;/h4-7,9-11H,1-2H2,(H,15,16)(H2,12,13,14);/q;+3/p-3/t4-,5-,6-;/m1./s1. The Kier molecular flexibility index (Phi) is 10.6. The van der Waals surface area contributed by atoms with E-state index in [1.165, 1.54) is 0 Å². The molecule has 0 heterocycles. The predicted octanol–water partition coefficient (Wildman–Crippen LogP) is -5.04. The van der Waals surface area contributed by atoms with Gasteiger partial charge >= 0.3 is 17.1 Å². The fourth-order valence-corrected chi connectivity index (χ4v) is 2.41. The largest absolute Gasteiger partial charge is 3.00 e. The maximum absolute atomic E-state index is 10.8. The predicted molar refractivity (Wildman–Crippen MR) is 52.4 cm³/mol. The number of aliphatic hydroxyl groups excluding tert-OH is 4. The molecule has 0 aromatic carbocycles. The van der Waals surface area contributed by atoms with Crippen LogP contribution < -0.4 is 14.7 Å². The summed E-state index contributed by atoms with van der Waals surface area (Å²) in [6.07, 6.45) is -6.60. The van der Waals surface area contributed by atoms with E-state index in [0.717, 1.165) is 0 Å². The first-order valence-electron chi connectivity index (χ1n) is 4.76. The maximum Gasteiger partial charge on any atom is 3.00 e. The summed E-state index contributed by atoms with van der Waals surface area (Å²) in [6.45, 7) is -2.46. The number of aliphatic hydroxyl groups is 4. The van der Waals surface area contributed by atoms with Crippen LogP contribution in [0.5, 0.6) is 0 Å². The molecular weight excluding hydrogens is 381 g/mol. The molecular formula is C6H11MnO12P2. The van der Waals surface area contributed by atoms with Crippen LogP contribution in [0.4, 0.5) is 0 Å². The van der Waals surface area contributed by atoms with Gasteiger partial charge in [-0.25, -0.2) is 0 Å². The van der Waals surface area contributed by atoms with Crippen LogP contribution >= 0.6 is 15.6 Å². The zero-order chi connectivity index (χ0) is 16.1. The molecule has 0 aromatic rings. The van der Waals surface area contributed by atoms with Gasteiger partial charge in [0.1, 0.15) is 24.9 Å². The van der Waals surface area contributed by atoms with Crippen LogP contribution in [0.2, 0.25) is 0 Å². The van der Waals surface area contributed by atoms with E-state index >= 15 is 0 Å². The van der Waals surface area contributed by atoms with Crippen molar-refractivity contribution in [2.45, 2.75) is 18.3 Å². The maximum atomic E-state index is 10.8. The topological polar surface area (TPSA) is 220 Å². The molecule has 0 spiro atoms. The molecule has 0 aliphatic rings. The molecule has 4 N–H and O–H groups in total. The minimum absolute atomic E-state index is 0. The van der Waals surface area contributed by atoms with Crippen molar-refractivity contribution < 1.29 is 74.9 Å². The van der Waals surface area contributed by atoms with Crippen molar-refractivity contribution in [3.8, 4) is 0 Å². The van der Waals surface area contributed by atoms with Crippen LogP contribution in [0.3, 0.4) is 0 Å². The summed E-state index contributed by atoms with van der Waals surface area (Å²) < 4.78 is 27.6. The molecule has 0 aromatic heterocycles.